The second-order valence-electron chi connectivity index (χ2n) is 25.3. The van der Waals surface area contributed by atoms with Crippen molar-refractivity contribution in [3.8, 4) is 45.0 Å². The first kappa shape index (κ1) is 68.0. The fraction of sp³-hybridized carbons (Fsp3) is 0.195. The highest BCUT2D eigenvalue weighted by molar-refractivity contribution is 5.98. The van der Waals surface area contributed by atoms with Crippen LogP contribution in [-0.4, -0.2) is 60.3 Å². The third kappa shape index (κ3) is 14.9. The number of fused-ring (bicyclic) bond motifs is 4. The largest absolute Gasteiger partial charge is 0.457 e. The lowest BCUT2D eigenvalue weighted by Gasteiger charge is -2.13. The number of hydrogen-bond acceptors (Lipinski definition) is 14. The van der Waals surface area contributed by atoms with Crippen molar-refractivity contribution in [1.29, 1.82) is 0 Å². The van der Waals surface area contributed by atoms with Crippen LogP contribution in [0.2, 0.25) is 0 Å². The van der Waals surface area contributed by atoms with Crippen LogP contribution in [0.1, 0.15) is 104 Å². The molecule has 0 aliphatic carbocycles. The molecule has 4 aromatic heterocycles. The maximum atomic E-state index is 13.3. The Labute approximate surface area is 588 Å². The van der Waals surface area contributed by atoms with Gasteiger partial charge in [0.05, 0.1) is 55.3 Å². The van der Waals surface area contributed by atoms with Crippen molar-refractivity contribution in [3.05, 3.63) is 306 Å². The molecule has 0 bridgehead atoms. The minimum absolute atomic E-state index is 0.0229. The number of imidazole rings is 4. The van der Waals surface area contributed by atoms with Crippen LogP contribution < -0.4 is 0 Å². The molecule has 0 N–H and O–H groups in total. The summed E-state index contributed by atoms with van der Waals surface area (Å²) in [6.07, 6.45) is 3.69. The summed E-state index contributed by atoms with van der Waals surface area (Å²) in [4.78, 5) is 76.6. The van der Waals surface area contributed by atoms with E-state index in [9.17, 15) is 29.8 Å². The number of hydrogen-bond donors (Lipinski definition) is 0. The van der Waals surface area contributed by atoms with Gasteiger partial charge in [0.2, 0.25) is 0 Å². The number of aryl methyl sites for hydroxylation is 6. The van der Waals surface area contributed by atoms with E-state index in [4.69, 9.17) is 29.4 Å². The Morgan fingerprint density at radius 1 is 0.402 bits per heavy atom. The average molecular weight is 1360 g/mol. The van der Waals surface area contributed by atoms with Gasteiger partial charge >= 0.3 is 11.9 Å². The number of esters is 2. The van der Waals surface area contributed by atoms with Gasteiger partial charge in [0.25, 0.3) is 10.2 Å². The zero-order chi connectivity index (χ0) is 71.0. The molecule has 10 aromatic carbocycles. The predicted molar refractivity (Wildman–Crippen MR) is 393 cm³/mol. The summed E-state index contributed by atoms with van der Waals surface area (Å²) in [6, 6.07) is 70.4. The summed E-state index contributed by atoms with van der Waals surface area (Å²) >= 11 is 0. The maximum Gasteiger partial charge on any atom is 0.339 e. The number of carbonyl (C=O) groups excluding carboxylic acids is 2. The first-order valence-electron chi connectivity index (χ1n) is 33.8. The average Bonchev–Trinajstić information content (AvgIpc) is 1.61. The van der Waals surface area contributed by atoms with E-state index < -0.39 is 22.1 Å². The molecule has 20 heteroatoms. The first-order chi connectivity index (χ1) is 49.6. The Kier molecular flexibility index (Phi) is 20.2. The highest BCUT2D eigenvalue weighted by Gasteiger charge is 2.22. The zero-order valence-electron chi connectivity index (χ0n) is 57.4. The number of para-hydroxylation sites is 4. The molecule has 14 aromatic rings. The van der Waals surface area contributed by atoms with Crippen LogP contribution in [0.25, 0.3) is 89.2 Å². The molecule has 0 aliphatic rings. The van der Waals surface area contributed by atoms with Crippen LogP contribution in [0.15, 0.2) is 218 Å². The Bertz CT molecular complexity index is 5440. The van der Waals surface area contributed by atoms with E-state index in [-0.39, 0.29) is 26.4 Å². The van der Waals surface area contributed by atoms with Crippen molar-refractivity contribution in [3.63, 3.8) is 0 Å². The minimum Gasteiger partial charge on any atom is -0.457 e. The van der Waals surface area contributed by atoms with Gasteiger partial charge in [-0.3, -0.25) is 0 Å². The van der Waals surface area contributed by atoms with Crippen LogP contribution in [-0.2, 0) is 85.6 Å². The van der Waals surface area contributed by atoms with Gasteiger partial charge in [-0.2, -0.15) is 0 Å². The van der Waals surface area contributed by atoms with Crippen molar-refractivity contribution >= 4 is 56.1 Å². The molecule has 0 fully saturated rings. The Morgan fingerprint density at radius 2 is 0.784 bits per heavy atom. The number of nitrogens with zero attached hydrogens (tertiary/aromatic N) is 10. The highest BCUT2D eigenvalue weighted by Crippen LogP contribution is 2.35. The van der Waals surface area contributed by atoms with Gasteiger partial charge < -0.3 is 37.4 Å². The lowest BCUT2D eigenvalue weighted by atomic mass is 9.98. The Hall–Kier alpha value is -12.6. The summed E-state index contributed by atoms with van der Waals surface area (Å²) in [5.74, 6) is 3.05. The van der Waals surface area contributed by atoms with Crippen molar-refractivity contribution in [2.45, 2.75) is 92.9 Å². The molecule has 0 saturated heterocycles. The molecule has 512 valence electrons. The monoisotopic (exact) mass is 1360 g/mol. The molecule has 0 atom stereocenters. The smallest absolute Gasteiger partial charge is 0.339 e. The second kappa shape index (κ2) is 30.3. The zero-order valence-corrected chi connectivity index (χ0v) is 57.4. The van der Waals surface area contributed by atoms with Crippen LogP contribution >= 0.6 is 0 Å². The molecule has 0 spiro atoms. The fourth-order valence-corrected chi connectivity index (χ4v) is 13.1. The third-order valence-corrected chi connectivity index (χ3v) is 18.2. The number of rotatable bonds is 24. The van der Waals surface area contributed by atoms with Crippen LogP contribution in [0.3, 0.4) is 0 Å². The van der Waals surface area contributed by atoms with E-state index in [1.807, 2.05) is 97.1 Å². The highest BCUT2D eigenvalue weighted by atomic mass is 17.0. The predicted octanol–water partition coefficient (Wildman–Crippen LogP) is 17.3. The van der Waals surface area contributed by atoms with Crippen molar-refractivity contribution in [2.24, 2.45) is 14.1 Å². The van der Waals surface area contributed by atoms with Crippen LogP contribution in [0.4, 0.5) is 0 Å². The lowest BCUT2D eigenvalue weighted by molar-refractivity contribution is -0.763. The van der Waals surface area contributed by atoms with Gasteiger partial charge in [-0.1, -0.05) is 172 Å². The number of benzene rings is 10. The number of ether oxygens (including phenoxy) is 2. The Balaban J connectivity index is 0.000000182. The van der Waals surface area contributed by atoms with E-state index in [1.165, 1.54) is 0 Å². The molecule has 0 saturated carbocycles. The fourth-order valence-electron chi connectivity index (χ4n) is 13.1. The summed E-state index contributed by atoms with van der Waals surface area (Å²) in [5.41, 5.74) is 21.9. The summed E-state index contributed by atoms with van der Waals surface area (Å²) < 4.78 is 20.3. The van der Waals surface area contributed by atoms with Gasteiger partial charge in [0.15, 0.2) is 0 Å². The van der Waals surface area contributed by atoms with Crippen molar-refractivity contribution in [2.75, 3.05) is 0 Å². The van der Waals surface area contributed by atoms with E-state index in [1.54, 1.807) is 60.7 Å². The van der Waals surface area contributed by atoms with E-state index >= 15 is 0 Å². The SMILES string of the molecule is CCCc1nc2c(C)cc(-c3nc4ccccc4n3C)cc2n1Cc1ccc(-c2ccccc2C(=O)OCc2ccc(CO[N+](=O)[O-])cc2)cc1.CCCc1nc2c(C)cc(-c3nc4ccccc4n3C)cc2n1Cc1ccc(-c2ccccc2C(=O)OCc2cccc(CO[N+](=O)[O-])c2)cc1. The van der Waals surface area contributed by atoms with E-state index in [0.29, 0.717) is 40.9 Å². The van der Waals surface area contributed by atoms with Crippen molar-refractivity contribution in [1.82, 2.24) is 38.2 Å². The van der Waals surface area contributed by atoms with Gasteiger partial charge in [0, 0.05) is 51.2 Å². The molecular weight excluding hydrogens is 1280 g/mol. The van der Waals surface area contributed by atoms with Crippen molar-refractivity contribution < 1.29 is 38.9 Å². The third-order valence-electron chi connectivity index (χ3n) is 18.2. The molecule has 4 heterocycles. The summed E-state index contributed by atoms with van der Waals surface area (Å²) in [7, 11) is 4.12. The second-order valence-corrected chi connectivity index (χ2v) is 25.3. The standard InChI is InChI=1S/2C41H37N5O5/c1-4-10-38-43-39-27(2)21-32(40-42-35-15-7-8-16-36(35)44(40)3)23-37(39)45(38)24-28-17-19-31(20-18-28)33-13-5-6-14-34(33)41(47)50-25-29-11-9-12-30(22-29)26-51-46(48)49;1-4-9-38-43-39-27(2)22-32(40-42-35-12-7-8-13-36(35)44(40)3)23-37(39)45(38)24-28-18-20-31(21-19-28)33-10-5-6-11-34(33)41(47)50-25-29-14-16-30(17-15-29)26-51-46(48)49/h5-9,11-23H,4,10,24-26H2,1-3H3;5-8,10-23H,4,9,24-26H2,1-3H3. The van der Waals surface area contributed by atoms with Crippen LogP contribution in [0.5, 0.6) is 0 Å². The molecule has 0 aliphatic heterocycles. The molecular formula is C82H74N10O10. The maximum absolute atomic E-state index is 13.3. The molecule has 0 unspecified atom stereocenters. The van der Waals surface area contributed by atoms with Gasteiger partial charge in [0.1, 0.15) is 49.7 Å². The molecule has 0 amide bonds. The molecule has 20 nitrogen and oxygen atoms in total. The first-order valence-corrected chi connectivity index (χ1v) is 33.8. The normalized spacial score (nSPS) is 11.3. The Morgan fingerprint density at radius 3 is 1.22 bits per heavy atom. The number of carbonyl (C=O) groups is 2. The quantitative estimate of drug-likeness (QED) is 0.0311. The molecule has 14 rings (SSSR count). The minimum atomic E-state index is -0.832. The lowest BCUT2D eigenvalue weighted by Crippen LogP contribution is -2.08. The number of aromatic nitrogens is 8. The van der Waals surface area contributed by atoms with Gasteiger partial charge in [-0.25, -0.2) is 29.5 Å². The van der Waals surface area contributed by atoms with Gasteiger partial charge in [-0.05, 0) is 154 Å². The molecule has 0 radical (unpaired) electrons. The van der Waals surface area contributed by atoms with E-state index in [2.05, 4.69) is 130 Å². The van der Waals surface area contributed by atoms with Crippen LogP contribution in [0, 0.1) is 34.1 Å². The topological polar surface area (TPSA) is 229 Å². The van der Waals surface area contributed by atoms with E-state index in [0.717, 1.165) is 154 Å². The molecule has 102 heavy (non-hydrogen) atoms. The summed E-state index contributed by atoms with van der Waals surface area (Å²) in [5, 5.41) is 19.4. The van der Waals surface area contributed by atoms with Gasteiger partial charge in [-0.15, -0.1) is 20.2 Å². The summed E-state index contributed by atoms with van der Waals surface area (Å²) in [6.45, 7) is 9.66.